The zero-order valence-corrected chi connectivity index (χ0v) is 20.9. The molecule has 2 heterocycles. The van der Waals surface area contributed by atoms with Gasteiger partial charge in [0.1, 0.15) is 23.1 Å². The van der Waals surface area contributed by atoms with Gasteiger partial charge < -0.3 is 14.2 Å². The van der Waals surface area contributed by atoms with Crippen LogP contribution in [0.1, 0.15) is 91.5 Å². The molecule has 2 aliphatic heterocycles. The maximum absolute atomic E-state index is 12.5. The number of carbonyl (C=O) groups is 1. The van der Waals surface area contributed by atoms with Crippen LogP contribution in [0.25, 0.3) is 0 Å². The van der Waals surface area contributed by atoms with Crippen LogP contribution in [0.3, 0.4) is 0 Å². The van der Waals surface area contributed by atoms with Crippen molar-refractivity contribution < 1.29 is 19.0 Å². The number of ether oxygens (including phenoxy) is 3. The monoisotopic (exact) mass is 445 g/mol. The zero-order chi connectivity index (χ0) is 23.2. The van der Waals surface area contributed by atoms with E-state index in [1.165, 1.54) is 37.7 Å². The lowest BCUT2D eigenvalue weighted by molar-refractivity contribution is -0.161. The molecule has 0 aromatic heterocycles. The Kier molecular flexibility index (Phi) is 8.49. The number of esters is 1. The van der Waals surface area contributed by atoms with Gasteiger partial charge in [0.15, 0.2) is 0 Å². The fourth-order valence-corrected chi connectivity index (χ4v) is 4.79. The summed E-state index contributed by atoms with van der Waals surface area (Å²) in [5.41, 5.74) is 0.855. The standard InChI is InChI=1S/C27H43NO4/c1-6-7-8-9-10-11-18-30-22-12-13-24-23(19-22)27(20-31-24)14-16-28(17-15-27)21(2)25(29)32-26(3,4)5/h12-13,19,21H,6-11,14-18,20H2,1-5H3. The molecule has 180 valence electrons. The van der Waals surface area contributed by atoms with Crippen molar-refractivity contribution in [1.82, 2.24) is 4.90 Å². The van der Waals surface area contributed by atoms with Crippen LogP contribution in [0, 0.1) is 0 Å². The third kappa shape index (κ3) is 6.40. The molecule has 5 nitrogen and oxygen atoms in total. The average molecular weight is 446 g/mol. The molecule has 1 atom stereocenters. The lowest BCUT2D eigenvalue weighted by Crippen LogP contribution is -2.50. The highest BCUT2D eigenvalue weighted by atomic mass is 16.6. The Morgan fingerprint density at radius 2 is 1.81 bits per heavy atom. The summed E-state index contributed by atoms with van der Waals surface area (Å²) in [7, 11) is 0. The molecule has 3 rings (SSSR count). The van der Waals surface area contributed by atoms with Crippen molar-refractivity contribution in [3.8, 4) is 11.5 Å². The van der Waals surface area contributed by atoms with Gasteiger partial charge in [-0.1, -0.05) is 39.0 Å². The van der Waals surface area contributed by atoms with Crippen LogP contribution in [0.4, 0.5) is 0 Å². The van der Waals surface area contributed by atoms with E-state index in [2.05, 4.69) is 24.0 Å². The zero-order valence-electron chi connectivity index (χ0n) is 20.9. The van der Waals surface area contributed by atoms with E-state index in [1.807, 2.05) is 33.8 Å². The van der Waals surface area contributed by atoms with E-state index in [-0.39, 0.29) is 17.4 Å². The number of carbonyl (C=O) groups excluding carboxylic acids is 1. The molecule has 0 amide bonds. The molecule has 0 bridgehead atoms. The predicted octanol–water partition coefficient (Wildman–Crippen LogP) is 5.88. The van der Waals surface area contributed by atoms with Crippen LogP contribution in [0.15, 0.2) is 18.2 Å². The highest BCUT2D eigenvalue weighted by Crippen LogP contribution is 2.47. The molecular formula is C27H43NO4. The van der Waals surface area contributed by atoms with Crippen LogP contribution in [-0.4, -0.2) is 48.8 Å². The van der Waals surface area contributed by atoms with E-state index in [1.54, 1.807) is 0 Å². The van der Waals surface area contributed by atoms with Gasteiger partial charge in [-0.25, -0.2) is 0 Å². The Hall–Kier alpha value is -1.75. The Labute approximate surface area is 194 Å². The van der Waals surface area contributed by atoms with Gasteiger partial charge in [-0.05, 0) is 78.2 Å². The molecule has 1 saturated heterocycles. The van der Waals surface area contributed by atoms with E-state index in [4.69, 9.17) is 14.2 Å². The maximum atomic E-state index is 12.5. The number of nitrogens with zero attached hydrogens (tertiary/aromatic N) is 1. The second kappa shape index (κ2) is 10.9. The van der Waals surface area contributed by atoms with E-state index in [0.29, 0.717) is 0 Å². The molecule has 1 spiro atoms. The number of hydrogen-bond donors (Lipinski definition) is 0. The SMILES string of the molecule is CCCCCCCCOc1ccc2c(c1)C1(CCN(C(C)C(=O)OC(C)(C)C)CC1)CO2. The van der Waals surface area contributed by atoms with E-state index in [9.17, 15) is 4.79 Å². The van der Waals surface area contributed by atoms with Crippen LogP contribution in [-0.2, 0) is 14.9 Å². The smallest absolute Gasteiger partial charge is 0.323 e. The van der Waals surface area contributed by atoms with Gasteiger partial charge in [-0.15, -0.1) is 0 Å². The number of piperidine rings is 1. The Bertz CT molecular complexity index is 747. The van der Waals surface area contributed by atoms with Crippen molar-refractivity contribution in [3.05, 3.63) is 23.8 Å². The first-order valence-corrected chi connectivity index (χ1v) is 12.6. The molecule has 0 radical (unpaired) electrons. The van der Waals surface area contributed by atoms with E-state index >= 15 is 0 Å². The highest BCUT2D eigenvalue weighted by Gasteiger charge is 2.44. The quantitative estimate of drug-likeness (QED) is 0.332. The number of likely N-dealkylation sites (tertiary alicyclic amines) is 1. The number of rotatable bonds is 10. The minimum atomic E-state index is -0.452. The number of benzene rings is 1. The van der Waals surface area contributed by atoms with Crippen molar-refractivity contribution in [2.45, 2.75) is 103 Å². The van der Waals surface area contributed by atoms with Crippen LogP contribution in [0.2, 0.25) is 0 Å². The molecule has 1 aromatic rings. The van der Waals surface area contributed by atoms with Gasteiger partial charge in [0.2, 0.25) is 0 Å². The van der Waals surface area contributed by atoms with E-state index < -0.39 is 5.60 Å². The van der Waals surface area contributed by atoms with Gasteiger partial charge in [0, 0.05) is 11.0 Å². The Morgan fingerprint density at radius 1 is 1.12 bits per heavy atom. The van der Waals surface area contributed by atoms with Crippen molar-refractivity contribution in [2.75, 3.05) is 26.3 Å². The molecule has 1 unspecified atom stereocenters. The normalized spacial score (nSPS) is 18.8. The van der Waals surface area contributed by atoms with Crippen LogP contribution >= 0.6 is 0 Å². The average Bonchev–Trinajstić information content (AvgIpc) is 3.09. The molecule has 5 heteroatoms. The summed E-state index contributed by atoms with van der Waals surface area (Å²) in [6, 6.07) is 6.08. The Balaban J connectivity index is 1.53. The second-order valence-electron chi connectivity index (χ2n) is 10.6. The van der Waals surface area contributed by atoms with Gasteiger partial charge >= 0.3 is 5.97 Å². The summed E-state index contributed by atoms with van der Waals surface area (Å²) < 4.78 is 17.7. The molecule has 2 aliphatic rings. The van der Waals surface area contributed by atoms with Crippen molar-refractivity contribution in [2.24, 2.45) is 0 Å². The third-order valence-corrected chi connectivity index (χ3v) is 6.84. The third-order valence-electron chi connectivity index (χ3n) is 6.84. The first-order valence-electron chi connectivity index (χ1n) is 12.6. The first-order chi connectivity index (χ1) is 15.2. The lowest BCUT2D eigenvalue weighted by atomic mass is 9.74. The summed E-state index contributed by atoms with van der Waals surface area (Å²) in [5.74, 6) is 1.80. The fraction of sp³-hybridized carbons (Fsp3) is 0.741. The second-order valence-corrected chi connectivity index (χ2v) is 10.6. The molecule has 0 aliphatic carbocycles. The van der Waals surface area contributed by atoms with Crippen molar-refractivity contribution >= 4 is 5.97 Å². The van der Waals surface area contributed by atoms with Crippen LogP contribution in [0.5, 0.6) is 11.5 Å². The first kappa shape index (κ1) is 24.9. The summed E-state index contributed by atoms with van der Waals surface area (Å²) in [5, 5.41) is 0. The molecule has 1 aromatic carbocycles. The summed E-state index contributed by atoms with van der Waals surface area (Å²) in [4.78, 5) is 14.8. The van der Waals surface area contributed by atoms with Crippen LogP contribution < -0.4 is 9.47 Å². The lowest BCUT2D eigenvalue weighted by Gasteiger charge is -2.40. The maximum Gasteiger partial charge on any atom is 0.323 e. The van der Waals surface area contributed by atoms with Gasteiger partial charge in [0.05, 0.1) is 13.2 Å². The van der Waals surface area contributed by atoms with Gasteiger partial charge in [-0.3, -0.25) is 9.69 Å². The number of fused-ring (bicyclic) bond motifs is 2. The summed E-state index contributed by atoms with van der Waals surface area (Å²) in [6.07, 6.45) is 9.57. The van der Waals surface area contributed by atoms with Crippen molar-refractivity contribution in [3.63, 3.8) is 0 Å². The molecule has 1 fully saturated rings. The van der Waals surface area contributed by atoms with Crippen molar-refractivity contribution in [1.29, 1.82) is 0 Å². The van der Waals surface area contributed by atoms with Gasteiger partial charge in [0.25, 0.3) is 0 Å². The van der Waals surface area contributed by atoms with E-state index in [0.717, 1.165) is 57.1 Å². The number of unbranched alkanes of at least 4 members (excludes halogenated alkanes) is 5. The molecule has 32 heavy (non-hydrogen) atoms. The highest BCUT2D eigenvalue weighted by molar-refractivity contribution is 5.75. The van der Waals surface area contributed by atoms with Gasteiger partial charge in [-0.2, -0.15) is 0 Å². The summed E-state index contributed by atoms with van der Waals surface area (Å²) >= 11 is 0. The fourth-order valence-electron chi connectivity index (χ4n) is 4.79. The molecule has 0 N–H and O–H groups in total. The Morgan fingerprint density at radius 3 is 2.50 bits per heavy atom. The molecular weight excluding hydrogens is 402 g/mol. The number of hydrogen-bond acceptors (Lipinski definition) is 5. The summed E-state index contributed by atoms with van der Waals surface area (Å²) in [6.45, 7) is 13.2. The topological polar surface area (TPSA) is 48.0 Å². The minimum absolute atomic E-state index is 0.0268. The molecule has 0 saturated carbocycles. The predicted molar refractivity (Wildman–Crippen MR) is 129 cm³/mol. The minimum Gasteiger partial charge on any atom is -0.494 e. The largest absolute Gasteiger partial charge is 0.494 e.